The second kappa shape index (κ2) is 342. The molecule has 0 saturated heterocycles. The first-order valence-corrected chi connectivity index (χ1v) is 0. The summed E-state index contributed by atoms with van der Waals surface area (Å²) < 4.78 is 0. The van der Waals surface area contributed by atoms with E-state index in [1.165, 1.54) is 0 Å². The summed E-state index contributed by atoms with van der Waals surface area (Å²) in [6.45, 7) is 0. The zero-order chi connectivity index (χ0) is 0. The predicted molar refractivity (Wildman–Crippen MR) is 18.4 cm³/mol. The van der Waals surface area contributed by atoms with Crippen molar-refractivity contribution < 1.29 is 44.7 Å². The van der Waals surface area contributed by atoms with E-state index in [9.17, 15) is 0 Å². The second-order valence-corrected chi connectivity index (χ2v) is 0. The van der Waals surface area contributed by atoms with Crippen molar-refractivity contribution in [3.05, 3.63) is 0 Å². The minimum Gasteiger partial charge on any atom is -2.00 e. The van der Waals surface area contributed by atoms with Crippen LogP contribution in [0.3, 0.4) is 0 Å². The largest absolute Gasteiger partial charge is 4.00 e. The van der Waals surface area contributed by atoms with Crippen LogP contribution in [0.1, 0.15) is 0 Å². The Labute approximate surface area is 74.9 Å². The molecule has 6 N–H and O–H groups in total. The Morgan fingerprint density at radius 1 is 0.750 bits per heavy atom. The molecule has 0 bridgehead atoms. The van der Waals surface area contributed by atoms with Crippen LogP contribution in [0.4, 0.5) is 0 Å². The molecule has 8 heteroatoms. The van der Waals surface area contributed by atoms with Crippen molar-refractivity contribution in [3.63, 3.8) is 0 Å². The molecule has 0 spiro atoms. The Morgan fingerprint density at radius 2 is 0.750 bits per heavy atom. The van der Waals surface area contributed by atoms with Gasteiger partial charge < -0.3 is 33.5 Å². The molecular formula is H6CrNO5Sn. The maximum atomic E-state index is 0. The van der Waals surface area contributed by atoms with E-state index in [0.29, 0.717) is 0 Å². The van der Waals surface area contributed by atoms with Crippen molar-refractivity contribution >= 4 is 23.9 Å². The minimum atomic E-state index is 0. The zero-order valence-electron chi connectivity index (χ0n) is 3.79. The van der Waals surface area contributed by atoms with E-state index in [4.69, 9.17) is 0 Å². The molecule has 0 aliphatic rings. The summed E-state index contributed by atoms with van der Waals surface area (Å²) in [6, 6.07) is 0. The van der Waals surface area contributed by atoms with Crippen LogP contribution in [0, 0.1) is 0 Å². The van der Waals surface area contributed by atoms with E-state index in [0.717, 1.165) is 0 Å². The maximum absolute atomic E-state index is 0. The Bertz CT molecular complexity index is 12.4. The normalized spacial score (nSPS) is 0. The van der Waals surface area contributed by atoms with Crippen molar-refractivity contribution in [1.82, 2.24) is 6.15 Å². The quantitative estimate of drug-likeness (QED) is 0.522. The van der Waals surface area contributed by atoms with Crippen LogP contribution < -0.4 is 6.15 Å². The SMILES string of the molecule is N.O.[Cr+3].[O-2].[O-2].[O-2].[OH-].[Sn+4]. The van der Waals surface area contributed by atoms with E-state index < -0.39 is 0 Å². The third-order valence-corrected chi connectivity index (χ3v) is 0. The Morgan fingerprint density at radius 3 is 0.750 bits per heavy atom. The third kappa shape index (κ3) is 221. The summed E-state index contributed by atoms with van der Waals surface area (Å²) >= 11 is 0. The van der Waals surface area contributed by atoms with Crippen molar-refractivity contribution in [3.8, 4) is 0 Å². The van der Waals surface area contributed by atoms with Crippen LogP contribution in [0.25, 0.3) is 0 Å². The van der Waals surface area contributed by atoms with Crippen LogP contribution in [-0.4, -0.2) is 34.9 Å². The first-order chi connectivity index (χ1) is 0. The minimum absolute atomic E-state index is 0. The molecule has 0 aliphatic carbocycles. The van der Waals surface area contributed by atoms with Crippen LogP contribution in [0.5, 0.6) is 0 Å². The van der Waals surface area contributed by atoms with Crippen LogP contribution in [0.2, 0.25) is 0 Å². The first-order valence-electron chi connectivity index (χ1n) is 0. The molecule has 0 saturated carbocycles. The van der Waals surface area contributed by atoms with Crippen molar-refractivity contribution in [2.45, 2.75) is 0 Å². The molecular weight excluding hydrogens is 265 g/mol. The number of hydrogen-bond donors (Lipinski definition) is 1. The molecule has 0 aromatic rings. The van der Waals surface area contributed by atoms with Gasteiger partial charge in [-0.3, -0.25) is 0 Å². The van der Waals surface area contributed by atoms with Gasteiger partial charge in [0.15, 0.2) is 0 Å². The van der Waals surface area contributed by atoms with Crippen LogP contribution >= 0.6 is 0 Å². The van der Waals surface area contributed by atoms with Gasteiger partial charge in [0.05, 0.1) is 0 Å². The molecule has 8 heavy (non-hydrogen) atoms. The fourth-order valence-electron chi connectivity index (χ4n) is 0. The van der Waals surface area contributed by atoms with Gasteiger partial charge in [0, 0.05) is 0 Å². The van der Waals surface area contributed by atoms with Crippen LogP contribution in [0.15, 0.2) is 0 Å². The molecule has 1 radical (unpaired) electrons. The van der Waals surface area contributed by atoms with Gasteiger partial charge in [0.2, 0.25) is 0 Å². The summed E-state index contributed by atoms with van der Waals surface area (Å²) in [5.74, 6) is 0. The third-order valence-electron chi connectivity index (χ3n) is 0. The molecule has 0 aromatic carbocycles. The molecule has 51 valence electrons. The van der Waals surface area contributed by atoms with Gasteiger partial charge in [-0.15, -0.1) is 0 Å². The average Bonchev–Trinajstić information content (AvgIpc) is 0. The average molecular weight is 271 g/mol. The zero-order valence-corrected chi connectivity index (χ0v) is 7.92. The molecule has 0 heterocycles. The van der Waals surface area contributed by atoms with E-state index >= 15 is 0 Å². The van der Waals surface area contributed by atoms with Gasteiger partial charge in [0.25, 0.3) is 0 Å². The molecule has 0 atom stereocenters. The van der Waals surface area contributed by atoms with Crippen molar-refractivity contribution in [2.24, 2.45) is 0 Å². The van der Waals surface area contributed by atoms with Gasteiger partial charge in [-0.05, 0) is 0 Å². The Hall–Kier alpha value is 1.09. The molecule has 0 aromatic heterocycles. The first kappa shape index (κ1) is 500. The smallest absolute Gasteiger partial charge is 2.00 e. The fourth-order valence-corrected chi connectivity index (χ4v) is 0. The van der Waals surface area contributed by atoms with E-state index in [-0.39, 0.29) is 74.8 Å². The predicted octanol–water partition coefficient (Wildman–Crippen LogP) is -1.58. The summed E-state index contributed by atoms with van der Waals surface area (Å²) in [7, 11) is 0. The van der Waals surface area contributed by atoms with Gasteiger partial charge in [0.1, 0.15) is 0 Å². The molecule has 0 fully saturated rings. The second-order valence-electron chi connectivity index (χ2n) is 0. The summed E-state index contributed by atoms with van der Waals surface area (Å²) in [5.41, 5.74) is 0. The van der Waals surface area contributed by atoms with E-state index in [1.807, 2.05) is 0 Å². The van der Waals surface area contributed by atoms with E-state index in [1.54, 1.807) is 0 Å². The van der Waals surface area contributed by atoms with Gasteiger partial charge in [-0.25, -0.2) is 0 Å². The van der Waals surface area contributed by atoms with Gasteiger partial charge in [-0.2, -0.15) is 0 Å². The van der Waals surface area contributed by atoms with Gasteiger partial charge >= 0.3 is 41.3 Å². The van der Waals surface area contributed by atoms with E-state index in [2.05, 4.69) is 0 Å². The number of rotatable bonds is 0. The molecule has 0 aliphatic heterocycles. The van der Waals surface area contributed by atoms with Gasteiger partial charge in [-0.1, -0.05) is 0 Å². The Balaban J connectivity index is 0. The summed E-state index contributed by atoms with van der Waals surface area (Å²) in [6.07, 6.45) is 0. The van der Waals surface area contributed by atoms with Crippen molar-refractivity contribution in [2.75, 3.05) is 0 Å². The molecule has 0 rings (SSSR count). The fraction of sp³-hybridized carbons (Fsp3) is 0. The molecule has 6 nitrogen and oxygen atoms in total. The topological polar surface area (TPSA) is 182 Å². The molecule has 0 amide bonds. The van der Waals surface area contributed by atoms with Crippen molar-refractivity contribution in [1.29, 1.82) is 0 Å². The summed E-state index contributed by atoms with van der Waals surface area (Å²) in [5, 5.41) is 0. The standard InChI is InChI=1S/Cr.H3N.2H2O.3O.Sn/h;1H3;2*1H2;;;;/q+3;;;;3*-2;+4/p-1. The molecule has 0 unspecified atom stereocenters. The Kier molecular flexibility index (Phi) is 21400. The van der Waals surface area contributed by atoms with Crippen LogP contribution in [-0.2, 0) is 33.8 Å². The maximum Gasteiger partial charge on any atom is 4.00 e. The monoisotopic (exact) mass is 272 g/mol. The summed E-state index contributed by atoms with van der Waals surface area (Å²) in [4.78, 5) is 0. The number of hydrogen-bond acceptors (Lipinski definition) is 2.